The van der Waals surface area contributed by atoms with E-state index in [-0.39, 0.29) is 11.3 Å². The van der Waals surface area contributed by atoms with Gasteiger partial charge in [0.25, 0.3) is 0 Å². The van der Waals surface area contributed by atoms with Crippen LogP contribution in [0.5, 0.6) is 0 Å². The van der Waals surface area contributed by atoms with Crippen molar-refractivity contribution in [1.82, 2.24) is 4.90 Å². The molecule has 3 fully saturated rings. The second-order valence-electron chi connectivity index (χ2n) is 8.03. The first-order valence-electron chi connectivity index (χ1n) is 8.59. The summed E-state index contributed by atoms with van der Waals surface area (Å²) >= 11 is 0. The molecule has 2 heterocycles. The normalized spacial score (nSPS) is 40.0. The first-order chi connectivity index (χ1) is 10.5. The maximum atomic E-state index is 12.6. The van der Waals surface area contributed by atoms with Crippen LogP contribution >= 0.6 is 0 Å². The van der Waals surface area contributed by atoms with Gasteiger partial charge in [-0.1, -0.05) is 13.8 Å². The molecule has 4 nitrogen and oxygen atoms in total. The van der Waals surface area contributed by atoms with Gasteiger partial charge >= 0.3 is 0 Å². The van der Waals surface area contributed by atoms with Gasteiger partial charge in [-0.2, -0.15) is 0 Å². The predicted molar refractivity (Wildman–Crippen MR) is 84.4 cm³/mol. The number of rotatable bonds is 4. The molecule has 0 bridgehead atoms. The monoisotopic (exact) mass is 302 g/mol. The minimum atomic E-state index is 0.111. The van der Waals surface area contributed by atoms with Crippen LogP contribution in [0, 0.1) is 17.3 Å². The van der Waals surface area contributed by atoms with Crippen molar-refractivity contribution in [1.29, 1.82) is 0 Å². The van der Waals surface area contributed by atoms with Crippen molar-refractivity contribution in [2.24, 2.45) is 23.0 Å². The fourth-order valence-electron chi connectivity index (χ4n) is 3.88. The Morgan fingerprint density at radius 3 is 2.64 bits per heavy atom. The van der Waals surface area contributed by atoms with Gasteiger partial charge in [0.05, 0.1) is 0 Å². The molecule has 0 radical (unpaired) electrons. The fraction of sp³-hybridized carbons (Fsp3) is 0.722. The summed E-state index contributed by atoms with van der Waals surface area (Å²) in [5.41, 5.74) is 5.95. The molecule has 2 N–H and O–H groups in total. The molecular formula is C18H26N2O2. The van der Waals surface area contributed by atoms with Crippen molar-refractivity contribution < 1.29 is 9.21 Å². The minimum Gasteiger partial charge on any atom is -0.465 e. The quantitative estimate of drug-likeness (QED) is 0.930. The summed E-state index contributed by atoms with van der Waals surface area (Å²) in [6, 6.07) is 4.21. The molecule has 5 unspecified atom stereocenters. The summed E-state index contributed by atoms with van der Waals surface area (Å²) in [5.74, 6) is 4.26. The summed E-state index contributed by atoms with van der Waals surface area (Å²) < 4.78 is 6.02. The van der Waals surface area contributed by atoms with Gasteiger partial charge in [-0.25, -0.2) is 0 Å². The van der Waals surface area contributed by atoms with Crippen molar-refractivity contribution >= 4 is 5.91 Å². The van der Waals surface area contributed by atoms with E-state index in [9.17, 15) is 4.79 Å². The van der Waals surface area contributed by atoms with E-state index in [4.69, 9.17) is 10.2 Å². The Hall–Kier alpha value is -1.29. The van der Waals surface area contributed by atoms with Crippen molar-refractivity contribution in [3.63, 3.8) is 0 Å². The van der Waals surface area contributed by atoms with Crippen LogP contribution in [0.4, 0.5) is 0 Å². The van der Waals surface area contributed by atoms with Gasteiger partial charge in [-0.3, -0.25) is 4.79 Å². The zero-order valence-electron chi connectivity index (χ0n) is 13.5. The van der Waals surface area contributed by atoms with Crippen molar-refractivity contribution in [3.05, 3.63) is 23.7 Å². The highest BCUT2D eigenvalue weighted by molar-refractivity contribution is 5.83. The summed E-state index contributed by atoms with van der Waals surface area (Å²) in [5, 5.41) is 0. The van der Waals surface area contributed by atoms with Gasteiger partial charge in [0.2, 0.25) is 5.91 Å². The van der Waals surface area contributed by atoms with E-state index in [0.29, 0.717) is 24.3 Å². The Kier molecular flexibility index (Phi) is 3.16. The number of carbonyl (C=O) groups excluding carboxylic acids is 1. The van der Waals surface area contributed by atoms with Gasteiger partial charge in [0, 0.05) is 30.8 Å². The molecule has 120 valence electrons. The van der Waals surface area contributed by atoms with Crippen LogP contribution in [-0.4, -0.2) is 30.4 Å². The van der Waals surface area contributed by atoms with E-state index < -0.39 is 0 Å². The van der Waals surface area contributed by atoms with Gasteiger partial charge < -0.3 is 15.1 Å². The number of hydrogen-bond acceptors (Lipinski definition) is 3. The average Bonchev–Trinajstić information content (AvgIpc) is 3.36. The zero-order valence-corrected chi connectivity index (χ0v) is 13.5. The van der Waals surface area contributed by atoms with E-state index in [2.05, 4.69) is 26.0 Å². The number of amides is 1. The topological polar surface area (TPSA) is 59.5 Å². The Morgan fingerprint density at radius 2 is 2.05 bits per heavy atom. The maximum absolute atomic E-state index is 12.6. The summed E-state index contributed by atoms with van der Waals surface area (Å²) in [4.78, 5) is 14.7. The summed E-state index contributed by atoms with van der Waals surface area (Å²) in [6.07, 6.45) is 3.21. The SMILES string of the molecule is CC1CC1c1ccc(C2CC2C(=O)N2CCC(C)(CN)C2)o1. The third kappa shape index (κ3) is 2.37. The lowest BCUT2D eigenvalue weighted by Crippen LogP contribution is -2.35. The first kappa shape index (κ1) is 14.3. The number of nitrogens with zero attached hydrogens (tertiary/aromatic N) is 1. The Morgan fingerprint density at radius 1 is 1.36 bits per heavy atom. The predicted octanol–water partition coefficient (Wildman–Crippen LogP) is 2.70. The van der Waals surface area contributed by atoms with E-state index in [1.54, 1.807) is 0 Å². The van der Waals surface area contributed by atoms with E-state index in [0.717, 1.165) is 43.4 Å². The Balaban J connectivity index is 1.38. The molecule has 1 aromatic heterocycles. The molecule has 0 spiro atoms. The van der Waals surface area contributed by atoms with Crippen LogP contribution in [-0.2, 0) is 4.79 Å². The van der Waals surface area contributed by atoms with Crippen LogP contribution in [0.25, 0.3) is 0 Å². The lowest BCUT2D eigenvalue weighted by atomic mass is 9.90. The second kappa shape index (κ2) is 4.85. The van der Waals surface area contributed by atoms with E-state index in [1.807, 2.05) is 4.90 Å². The third-order valence-electron chi connectivity index (χ3n) is 5.96. The average molecular weight is 302 g/mol. The summed E-state index contributed by atoms with van der Waals surface area (Å²) in [7, 11) is 0. The van der Waals surface area contributed by atoms with Crippen LogP contribution in [0.2, 0.25) is 0 Å². The largest absolute Gasteiger partial charge is 0.465 e. The standard InChI is InChI=1S/C18H26N2O2/c1-11-7-12(11)15-3-4-16(22-15)13-8-14(13)17(21)20-6-5-18(2,9-19)10-20/h3-4,11-14H,5-10,19H2,1-2H3. The Labute approximate surface area is 132 Å². The first-order valence-corrected chi connectivity index (χ1v) is 8.59. The van der Waals surface area contributed by atoms with Crippen LogP contribution in [0.1, 0.15) is 56.5 Å². The molecule has 4 rings (SSSR count). The molecule has 1 aromatic rings. The molecule has 1 aliphatic heterocycles. The number of furan rings is 1. The maximum Gasteiger partial charge on any atom is 0.226 e. The lowest BCUT2D eigenvalue weighted by molar-refractivity contribution is -0.132. The second-order valence-corrected chi connectivity index (χ2v) is 8.03. The van der Waals surface area contributed by atoms with Crippen molar-refractivity contribution in [2.75, 3.05) is 19.6 Å². The van der Waals surface area contributed by atoms with E-state index in [1.165, 1.54) is 6.42 Å². The molecule has 1 amide bonds. The van der Waals surface area contributed by atoms with Crippen LogP contribution < -0.4 is 5.73 Å². The number of likely N-dealkylation sites (tertiary alicyclic amines) is 1. The summed E-state index contributed by atoms with van der Waals surface area (Å²) in [6.45, 7) is 6.78. The number of nitrogens with two attached hydrogens (primary N) is 1. The third-order valence-corrected chi connectivity index (χ3v) is 5.96. The fourth-order valence-corrected chi connectivity index (χ4v) is 3.88. The van der Waals surface area contributed by atoms with Crippen molar-refractivity contribution in [2.45, 2.75) is 44.9 Å². The highest BCUT2D eigenvalue weighted by Gasteiger charge is 2.50. The van der Waals surface area contributed by atoms with Gasteiger partial charge in [-0.15, -0.1) is 0 Å². The molecule has 0 aromatic carbocycles. The highest BCUT2D eigenvalue weighted by atomic mass is 16.3. The smallest absolute Gasteiger partial charge is 0.226 e. The molecule has 4 heteroatoms. The molecule has 2 saturated carbocycles. The number of hydrogen-bond donors (Lipinski definition) is 1. The van der Waals surface area contributed by atoms with Crippen LogP contribution in [0.3, 0.4) is 0 Å². The number of carbonyl (C=O) groups is 1. The van der Waals surface area contributed by atoms with E-state index >= 15 is 0 Å². The minimum absolute atomic E-state index is 0.111. The molecule has 3 aliphatic rings. The molecular weight excluding hydrogens is 276 g/mol. The van der Waals surface area contributed by atoms with Crippen molar-refractivity contribution in [3.8, 4) is 0 Å². The highest BCUT2D eigenvalue weighted by Crippen LogP contribution is 2.52. The lowest BCUT2D eigenvalue weighted by Gasteiger charge is -2.22. The molecule has 22 heavy (non-hydrogen) atoms. The van der Waals surface area contributed by atoms with Crippen LogP contribution in [0.15, 0.2) is 16.5 Å². The molecule has 2 aliphatic carbocycles. The van der Waals surface area contributed by atoms with Gasteiger partial charge in [0.15, 0.2) is 0 Å². The van der Waals surface area contributed by atoms with Gasteiger partial charge in [-0.05, 0) is 49.3 Å². The molecule has 5 atom stereocenters. The zero-order chi connectivity index (χ0) is 15.5. The Bertz CT molecular complexity index is 596. The molecule has 1 saturated heterocycles. The van der Waals surface area contributed by atoms with Gasteiger partial charge in [0.1, 0.15) is 11.5 Å².